The molecular weight excluding hydrogens is 997 g/mol. The van der Waals surface area contributed by atoms with E-state index in [9.17, 15) is 14.4 Å². The van der Waals surface area contributed by atoms with Crippen LogP contribution < -0.4 is 0 Å². The monoisotopic (exact) mass is 1120 g/mol. The number of rotatable bonds is 60. The minimum absolute atomic E-state index is 0.102. The number of hydrogen-bond donors (Lipinski definition) is 0. The van der Waals surface area contributed by atoms with Crippen molar-refractivity contribution in [1.29, 1.82) is 0 Å². The summed E-state index contributed by atoms with van der Waals surface area (Å²) < 4.78 is 16.9. The normalized spacial score (nSPS) is 13.0. The summed E-state index contributed by atoms with van der Waals surface area (Å²) in [6, 6.07) is 0. The molecule has 0 aliphatic heterocycles. The summed E-state index contributed by atoms with van der Waals surface area (Å²) in [6.45, 7) is 6.48. The average molecular weight is 1120 g/mol. The van der Waals surface area contributed by atoms with E-state index in [4.69, 9.17) is 14.2 Å². The largest absolute Gasteiger partial charge is 0.462 e. The van der Waals surface area contributed by atoms with Crippen LogP contribution in [0.5, 0.6) is 0 Å². The van der Waals surface area contributed by atoms with Crippen LogP contribution in [0.2, 0.25) is 0 Å². The van der Waals surface area contributed by atoms with Crippen molar-refractivity contribution >= 4 is 17.9 Å². The van der Waals surface area contributed by atoms with Gasteiger partial charge in [-0.2, -0.15) is 0 Å². The van der Waals surface area contributed by atoms with E-state index in [0.29, 0.717) is 19.3 Å². The van der Waals surface area contributed by atoms with Gasteiger partial charge in [0.05, 0.1) is 0 Å². The molecule has 0 spiro atoms. The van der Waals surface area contributed by atoms with E-state index in [-0.39, 0.29) is 37.5 Å². The molecule has 0 saturated carbocycles. The van der Waals surface area contributed by atoms with Gasteiger partial charge in [0.15, 0.2) is 6.10 Å². The van der Waals surface area contributed by atoms with Crippen molar-refractivity contribution in [2.45, 2.75) is 309 Å². The zero-order valence-electron chi connectivity index (χ0n) is 52.8. The van der Waals surface area contributed by atoms with Gasteiger partial charge >= 0.3 is 17.9 Å². The number of allylic oxidation sites excluding steroid dienone is 22. The number of carbonyl (C=O) groups excluding carboxylic acids is 3. The molecule has 6 nitrogen and oxygen atoms in total. The molecule has 0 aromatic carbocycles. The summed E-state index contributed by atoms with van der Waals surface area (Å²) in [5.74, 6) is -0.968. The second-order valence-corrected chi connectivity index (χ2v) is 22.0. The van der Waals surface area contributed by atoms with E-state index in [1.807, 2.05) is 0 Å². The smallest absolute Gasteiger partial charge is 0.306 e. The predicted molar refractivity (Wildman–Crippen MR) is 353 cm³/mol. The zero-order chi connectivity index (χ0) is 58.5. The van der Waals surface area contributed by atoms with Crippen LogP contribution in [0.25, 0.3) is 0 Å². The minimum Gasteiger partial charge on any atom is -0.462 e. The van der Waals surface area contributed by atoms with E-state index in [2.05, 4.69) is 154 Å². The van der Waals surface area contributed by atoms with Crippen LogP contribution in [0, 0.1) is 0 Å². The standard InChI is InChI=1S/C75H124O6/c1-4-7-10-13-16-19-22-25-28-31-32-33-34-35-36-37-38-39-40-41-42-45-47-50-53-56-59-62-65-68-74(77)80-71-72(81-75(78)69-66-63-60-57-54-51-48-44-30-27-24-21-18-15-12-9-6-3)70-79-73(76)67-64-61-58-55-52-49-46-43-29-26-23-20-17-14-11-8-5-2/h7,10,16,19,25-30,32-33,35-36,38-39,41-42,47,50,56,59,72H,4-6,8-9,11-15,17-18,20-24,31,34,37,40,43-46,48-49,51-55,57-58,60-71H2,1-3H3/b10-7-,19-16-,28-25-,29-26-,30-27-,33-32-,36-35-,39-38-,42-41-,50-47-,59-56-. The topological polar surface area (TPSA) is 78.9 Å². The molecule has 0 aromatic rings. The van der Waals surface area contributed by atoms with Gasteiger partial charge in [-0.25, -0.2) is 0 Å². The lowest BCUT2D eigenvalue weighted by Crippen LogP contribution is -2.30. The Labute approximate surface area is 500 Å². The molecule has 1 unspecified atom stereocenters. The van der Waals surface area contributed by atoms with Gasteiger partial charge in [-0.1, -0.05) is 283 Å². The maximum Gasteiger partial charge on any atom is 0.306 e. The van der Waals surface area contributed by atoms with Crippen LogP contribution in [0.4, 0.5) is 0 Å². The summed E-state index contributed by atoms with van der Waals surface area (Å²) in [5, 5.41) is 0. The lowest BCUT2D eigenvalue weighted by Gasteiger charge is -2.18. The number of unbranched alkanes of at least 4 members (excludes halogenated alkanes) is 27. The third-order valence-electron chi connectivity index (χ3n) is 14.1. The molecule has 6 heteroatoms. The molecule has 0 aliphatic rings. The Bertz CT molecular complexity index is 1720. The summed E-state index contributed by atoms with van der Waals surface area (Å²) in [7, 11) is 0. The SMILES string of the molecule is CC/C=C\C/C=C\C/C=C\C/C=C\C/C=C\C/C=C\C/C=C\C/C=C\C/C=C\CCCC(=O)OCC(COC(=O)CCCCCCCCC/C=C\CCCCCCCC)OC(=O)CCCCCCCCC/C=C\CCCCCCCC. The Morgan fingerprint density at radius 2 is 0.494 bits per heavy atom. The van der Waals surface area contributed by atoms with Crippen molar-refractivity contribution in [3.8, 4) is 0 Å². The second kappa shape index (κ2) is 68.1. The van der Waals surface area contributed by atoms with Gasteiger partial charge in [0, 0.05) is 19.3 Å². The maximum absolute atomic E-state index is 12.9. The highest BCUT2D eigenvalue weighted by atomic mass is 16.6. The number of ether oxygens (including phenoxy) is 3. The molecule has 0 bridgehead atoms. The summed E-state index contributed by atoms with van der Waals surface area (Å²) >= 11 is 0. The first-order valence-corrected chi connectivity index (χ1v) is 33.7. The van der Waals surface area contributed by atoms with Crippen molar-refractivity contribution in [2.75, 3.05) is 13.2 Å². The van der Waals surface area contributed by atoms with Gasteiger partial charge in [-0.05, 0) is 135 Å². The first kappa shape index (κ1) is 76.5. The van der Waals surface area contributed by atoms with E-state index in [0.717, 1.165) is 103 Å². The van der Waals surface area contributed by atoms with Crippen LogP contribution in [0.3, 0.4) is 0 Å². The molecule has 0 amide bonds. The number of hydrogen-bond acceptors (Lipinski definition) is 6. The highest BCUT2D eigenvalue weighted by Gasteiger charge is 2.19. The van der Waals surface area contributed by atoms with E-state index < -0.39 is 6.10 Å². The average Bonchev–Trinajstić information content (AvgIpc) is 3.47. The van der Waals surface area contributed by atoms with E-state index in [1.54, 1.807) is 0 Å². The summed E-state index contributed by atoms with van der Waals surface area (Å²) in [4.78, 5) is 38.4. The number of carbonyl (C=O) groups is 3. The molecule has 0 heterocycles. The van der Waals surface area contributed by atoms with Gasteiger partial charge in [0.25, 0.3) is 0 Å². The third kappa shape index (κ3) is 66.2. The minimum atomic E-state index is -0.811. The Morgan fingerprint density at radius 1 is 0.259 bits per heavy atom. The van der Waals surface area contributed by atoms with E-state index >= 15 is 0 Å². The van der Waals surface area contributed by atoms with Crippen molar-refractivity contribution in [3.05, 3.63) is 134 Å². The fraction of sp³-hybridized carbons (Fsp3) is 0.667. The van der Waals surface area contributed by atoms with Crippen LogP contribution in [-0.2, 0) is 28.6 Å². The fourth-order valence-corrected chi connectivity index (χ4v) is 9.08. The molecule has 0 saturated heterocycles. The highest BCUT2D eigenvalue weighted by molar-refractivity contribution is 5.71. The predicted octanol–water partition coefficient (Wildman–Crippen LogP) is 23.3. The zero-order valence-corrected chi connectivity index (χ0v) is 52.8. The molecule has 0 fully saturated rings. The van der Waals surface area contributed by atoms with Crippen LogP contribution in [0.1, 0.15) is 303 Å². The third-order valence-corrected chi connectivity index (χ3v) is 14.1. The van der Waals surface area contributed by atoms with Gasteiger partial charge in [0.1, 0.15) is 13.2 Å². The van der Waals surface area contributed by atoms with Gasteiger partial charge in [0.2, 0.25) is 0 Å². The number of esters is 3. The second-order valence-electron chi connectivity index (χ2n) is 22.0. The van der Waals surface area contributed by atoms with Crippen molar-refractivity contribution in [1.82, 2.24) is 0 Å². The van der Waals surface area contributed by atoms with Crippen molar-refractivity contribution in [3.63, 3.8) is 0 Å². The molecule has 0 radical (unpaired) electrons. The van der Waals surface area contributed by atoms with Crippen LogP contribution in [0.15, 0.2) is 134 Å². The Balaban J connectivity index is 4.47. The van der Waals surface area contributed by atoms with Gasteiger partial charge in [-0.3, -0.25) is 14.4 Å². The van der Waals surface area contributed by atoms with Crippen LogP contribution in [-0.4, -0.2) is 37.2 Å². The molecule has 0 N–H and O–H groups in total. The quantitative estimate of drug-likeness (QED) is 0.0261. The highest BCUT2D eigenvalue weighted by Crippen LogP contribution is 2.15. The Hall–Kier alpha value is -4.45. The molecule has 1 atom stereocenters. The first-order chi connectivity index (χ1) is 40.0. The van der Waals surface area contributed by atoms with E-state index in [1.165, 1.54) is 154 Å². The molecule has 0 aromatic heterocycles. The lowest BCUT2D eigenvalue weighted by molar-refractivity contribution is -0.167. The molecule has 460 valence electrons. The Kier molecular flexibility index (Phi) is 64.3. The first-order valence-electron chi connectivity index (χ1n) is 33.7. The molecule has 0 aliphatic carbocycles. The summed E-state index contributed by atoms with van der Waals surface area (Å²) in [6.07, 6.45) is 96.1. The maximum atomic E-state index is 12.9. The van der Waals surface area contributed by atoms with Crippen LogP contribution >= 0.6 is 0 Å². The molecular formula is C75H124O6. The Morgan fingerprint density at radius 3 is 0.815 bits per heavy atom. The fourth-order valence-electron chi connectivity index (χ4n) is 9.08. The van der Waals surface area contributed by atoms with Crippen molar-refractivity contribution in [2.24, 2.45) is 0 Å². The van der Waals surface area contributed by atoms with Crippen molar-refractivity contribution < 1.29 is 28.6 Å². The molecule has 81 heavy (non-hydrogen) atoms. The lowest BCUT2D eigenvalue weighted by atomic mass is 10.1. The molecule has 0 rings (SSSR count). The summed E-state index contributed by atoms with van der Waals surface area (Å²) in [5.41, 5.74) is 0. The van der Waals surface area contributed by atoms with Gasteiger partial charge < -0.3 is 14.2 Å². The van der Waals surface area contributed by atoms with Gasteiger partial charge in [-0.15, -0.1) is 0 Å².